The predicted molar refractivity (Wildman–Crippen MR) is 76.7 cm³/mol. The minimum atomic E-state index is -0.235. The zero-order valence-corrected chi connectivity index (χ0v) is 11.4. The summed E-state index contributed by atoms with van der Waals surface area (Å²) in [5, 5.41) is 3.34. The van der Waals surface area contributed by atoms with Gasteiger partial charge in [-0.2, -0.15) is 0 Å². The van der Waals surface area contributed by atoms with Crippen molar-refractivity contribution in [1.29, 1.82) is 0 Å². The van der Waals surface area contributed by atoms with Gasteiger partial charge >= 0.3 is 6.09 Å². The summed E-state index contributed by atoms with van der Waals surface area (Å²) in [7, 11) is 0. The van der Waals surface area contributed by atoms with Crippen molar-refractivity contribution >= 4 is 23.1 Å². The Morgan fingerprint density at radius 1 is 1.55 bits per heavy atom. The normalized spacial score (nSPS) is 18.4. The molecule has 2 heterocycles. The first kappa shape index (κ1) is 12.8. The second-order valence-electron chi connectivity index (χ2n) is 4.88. The fourth-order valence-electron chi connectivity index (χ4n) is 2.47. The largest absolute Gasteiger partial charge is 0.450 e. The molecule has 1 aromatic carbocycles. The van der Waals surface area contributed by atoms with Crippen molar-refractivity contribution < 1.29 is 9.53 Å². The van der Waals surface area contributed by atoms with E-state index >= 15 is 0 Å². The molecule has 1 saturated heterocycles. The average Bonchev–Trinajstić information content (AvgIpc) is 3.05. The van der Waals surface area contributed by atoms with Gasteiger partial charge in [-0.05, 0) is 25.5 Å². The number of likely N-dealkylation sites (tertiary alicyclic amines) is 1. The van der Waals surface area contributed by atoms with Crippen LogP contribution in [0.3, 0.4) is 0 Å². The van der Waals surface area contributed by atoms with Crippen molar-refractivity contribution in [2.24, 2.45) is 0 Å². The number of nitrogens with zero attached hydrogens (tertiary/aromatic N) is 2. The van der Waals surface area contributed by atoms with Crippen LogP contribution in [-0.2, 0) is 4.74 Å². The molecular formula is C14H18N4O2. The quantitative estimate of drug-likeness (QED) is 0.900. The summed E-state index contributed by atoms with van der Waals surface area (Å²) in [6.07, 6.45) is 0.664. The van der Waals surface area contributed by atoms with Gasteiger partial charge in [-0.3, -0.25) is 0 Å². The van der Waals surface area contributed by atoms with E-state index in [4.69, 9.17) is 4.74 Å². The topological polar surface area (TPSA) is 70.2 Å². The van der Waals surface area contributed by atoms with Crippen LogP contribution < -0.4 is 5.32 Å². The number of H-pyrrole nitrogens is 1. The van der Waals surface area contributed by atoms with E-state index in [9.17, 15) is 4.79 Å². The van der Waals surface area contributed by atoms with Crippen LogP contribution in [0.2, 0.25) is 0 Å². The average molecular weight is 274 g/mol. The molecule has 1 aliphatic rings. The van der Waals surface area contributed by atoms with Gasteiger partial charge in [-0.15, -0.1) is 0 Å². The Balaban J connectivity index is 1.63. The second-order valence-corrected chi connectivity index (χ2v) is 4.88. The maximum atomic E-state index is 11.6. The van der Waals surface area contributed by atoms with Gasteiger partial charge in [0.15, 0.2) is 0 Å². The summed E-state index contributed by atoms with van der Waals surface area (Å²) in [4.78, 5) is 21.1. The van der Waals surface area contributed by atoms with Crippen LogP contribution in [0.5, 0.6) is 0 Å². The van der Waals surface area contributed by atoms with Crippen molar-refractivity contribution in [2.75, 3.05) is 25.0 Å². The molecule has 0 aliphatic carbocycles. The maximum Gasteiger partial charge on any atom is 0.409 e. The molecule has 6 nitrogen and oxygen atoms in total. The predicted octanol–water partition coefficient (Wildman–Crippen LogP) is 2.21. The van der Waals surface area contributed by atoms with Crippen LogP contribution >= 0.6 is 0 Å². The van der Waals surface area contributed by atoms with E-state index in [2.05, 4.69) is 15.3 Å². The number of aromatic amines is 1. The molecule has 6 heteroatoms. The molecule has 2 aromatic rings. The Bertz CT molecular complexity index is 577. The molecule has 0 saturated carbocycles. The molecule has 20 heavy (non-hydrogen) atoms. The molecule has 1 unspecified atom stereocenters. The van der Waals surface area contributed by atoms with Crippen molar-refractivity contribution in [3.8, 4) is 0 Å². The summed E-state index contributed by atoms with van der Waals surface area (Å²) in [6.45, 7) is 3.60. The van der Waals surface area contributed by atoms with Gasteiger partial charge in [0, 0.05) is 19.1 Å². The van der Waals surface area contributed by atoms with Gasteiger partial charge in [0.05, 0.1) is 17.6 Å². The minimum Gasteiger partial charge on any atom is -0.450 e. The number of aromatic nitrogens is 2. The molecular weight excluding hydrogens is 256 g/mol. The Kier molecular flexibility index (Phi) is 3.45. The fourth-order valence-corrected chi connectivity index (χ4v) is 2.47. The van der Waals surface area contributed by atoms with Crippen LogP contribution in [-0.4, -0.2) is 46.7 Å². The number of rotatable bonds is 3. The Labute approximate surface area is 117 Å². The number of para-hydroxylation sites is 2. The van der Waals surface area contributed by atoms with Crippen LogP contribution in [0, 0.1) is 0 Å². The van der Waals surface area contributed by atoms with E-state index in [1.165, 1.54) is 0 Å². The van der Waals surface area contributed by atoms with Gasteiger partial charge in [0.2, 0.25) is 5.95 Å². The number of hydrogen-bond acceptors (Lipinski definition) is 4. The van der Waals surface area contributed by atoms with E-state index in [-0.39, 0.29) is 12.1 Å². The number of fused-ring (bicyclic) bond motifs is 1. The number of nitrogens with one attached hydrogen (secondary N) is 2. The molecule has 106 valence electrons. The van der Waals surface area contributed by atoms with Gasteiger partial charge in [-0.1, -0.05) is 12.1 Å². The van der Waals surface area contributed by atoms with Gasteiger partial charge in [0.25, 0.3) is 0 Å². The Hall–Kier alpha value is -2.24. The lowest BCUT2D eigenvalue weighted by molar-refractivity contribution is 0.115. The Morgan fingerprint density at radius 3 is 3.20 bits per heavy atom. The van der Waals surface area contributed by atoms with Crippen molar-refractivity contribution in [3.05, 3.63) is 24.3 Å². The third-order valence-corrected chi connectivity index (χ3v) is 3.44. The lowest BCUT2D eigenvalue weighted by atomic mass is 10.3. The monoisotopic (exact) mass is 274 g/mol. The van der Waals surface area contributed by atoms with E-state index in [1.807, 2.05) is 31.2 Å². The molecule has 1 amide bonds. The number of amides is 1. The summed E-state index contributed by atoms with van der Waals surface area (Å²) < 4.78 is 5.01. The number of carbonyl (C=O) groups excluding carboxylic acids is 1. The van der Waals surface area contributed by atoms with Crippen LogP contribution in [0.4, 0.5) is 10.7 Å². The van der Waals surface area contributed by atoms with Gasteiger partial charge in [0.1, 0.15) is 0 Å². The highest BCUT2D eigenvalue weighted by molar-refractivity contribution is 5.77. The van der Waals surface area contributed by atoms with Crippen LogP contribution in [0.1, 0.15) is 13.3 Å². The molecule has 0 bridgehead atoms. The van der Waals surface area contributed by atoms with E-state index in [1.54, 1.807) is 4.90 Å². The molecule has 1 fully saturated rings. The van der Waals surface area contributed by atoms with Crippen molar-refractivity contribution in [2.45, 2.75) is 19.4 Å². The number of hydrogen-bond donors (Lipinski definition) is 2. The molecule has 2 N–H and O–H groups in total. The second kappa shape index (κ2) is 5.40. The summed E-state index contributed by atoms with van der Waals surface area (Å²) in [5.41, 5.74) is 1.95. The molecule has 0 radical (unpaired) electrons. The lowest BCUT2D eigenvalue weighted by Crippen LogP contribution is -2.32. The fraction of sp³-hybridized carbons (Fsp3) is 0.429. The Morgan fingerprint density at radius 2 is 2.40 bits per heavy atom. The zero-order valence-electron chi connectivity index (χ0n) is 11.4. The third kappa shape index (κ3) is 2.54. The lowest BCUT2D eigenvalue weighted by Gasteiger charge is -2.15. The highest BCUT2D eigenvalue weighted by Gasteiger charge is 2.27. The van der Waals surface area contributed by atoms with Crippen molar-refractivity contribution in [1.82, 2.24) is 14.9 Å². The van der Waals surface area contributed by atoms with E-state index in [0.717, 1.165) is 29.9 Å². The molecule has 3 rings (SSSR count). The summed E-state index contributed by atoms with van der Waals surface area (Å²) in [5.74, 6) is 0.752. The smallest absolute Gasteiger partial charge is 0.409 e. The van der Waals surface area contributed by atoms with Crippen LogP contribution in [0.15, 0.2) is 24.3 Å². The number of carbonyl (C=O) groups is 1. The summed E-state index contributed by atoms with van der Waals surface area (Å²) >= 11 is 0. The molecule has 1 atom stereocenters. The number of benzene rings is 1. The molecule has 1 aliphatic heterocycles. The van der Waals surface area contributed by atoms with Crippen molar-refractivity contribution in [3.63, 3.8) is 0 Å². The first-order valence-electron chi connectivity index (χ1n) is 6.89. The van der Waals surface area contributed by atoms with Gasteiger partial charge < -0.3 is 19.9 Å². The highest BCUT2D eigenvalue weighted by atomic mass is 16.6. The van der Waals surface area contributed by atoms with Crippen LogP contribution in [0.25, 0.3) is 11.0 Å². The summed E-state index contributed by atoms with van der Waals surface area (Å²) in [6, 6.07) is 8.11. The molecule has 1 aromatic heterocycles. The first-order chi connectivity index (χ1) is 9.76. The first-order valence-corrected chi connectivity index (χ1v) is 6.89. The number of ether oxygens (including phenoxy) is 1. The third-order valence-electron chi connectivity index (χ3n) is 3.44. The minimum absolute atomic E-state index is 0.208. The van der Waals surface area contributed by atoms with Gasteiger partial charge in [-0.25, -0.2) is 9.78 Å². The number of imidazole rings is 1. The SMILES string of the molecule is CCOC(=O)N1CCC(Nc2nc3ccccc3[nH]2)C1. The number of anilines is 1. The maximum absolute atomic E-state index is 11.6. The van der Waals surface area contributed by atoms with E-state index in [0.29, 0.717) is 13.2 Å². The van der Waals surface area contributed by atoms with E-state index < -0.39 is 0 Å². The molecule has 0 spiro atoms. The zero-order chi connectivity index (χ0) is 13.9. The highest BCUT2D eigenvalue weighted by Crippen LogP contribution is 2.18. The standard InChI is InChI=1S/C14H18N4O2/c1-2-20-14(19)18-8-7-10(9-18)15-13-16-11-5-3-4-6-12(11)17-13/h3-6,10H,2,7-9H2,1H3,(H2,15,16,17).